The molecule has 2 aromatic rings. The lowest BCUT2D eigenvalue weighted by Gasteiger charge is -2.00. The number of aromatic nitrogens is 1. The highest BCUT2D eigenvalue weighted by Crippen LogP contribution is 2.28. The van der Waals surface area contributed by atoms with Crippen molar-refractivity contribution in [2.24, 2.45) is 7.05 Å². The van der Waals surface area contributed by atoms with E-state index >= 15 is 0 Å². The van der Waals surface area contributed by atoms with Crippen LogP contribution < -0.4 is 4.74 Å². The first kappa shape index (κ1) is 7.98. The second kappa shape index (κ2) is 2.69. The minimum absolute atomic E-state index is 0.306. The lowest BCUT2D eigenvalue weighted by Crippen LogP contribution is -1.86. The first-order chi connectivity index (χ1) is 6.22. The second-order valence-electron chi connectivity index (χ2n) is 3.01. The molecule has 0 spiro atoms. The number of aromatic hydroxyl groups is 1. The third kappa shape index (κ3) is 1.13. The van der Waals surface area contributed by atoms with Crippen LogP contribution in [0.2, 0.25) is 0 Å². The van der Waals surface area contributed by atoms with Gasteiger partial charge in [-0.2, -0.15) is 0 Å². The monoisotopic (exact) mass is 177 g/mol. The number of ether oxygens (including phenoxy) is 1. The van der Waals surface area contributed by atoms with Crippen LogP contribution in [0.15, 0.2) is 24.4 Å². The van der Waals surface area contributed by atoms with Crippen molar-refractivity contribution < 1.29 is 9.84 Å². The normalized spacial score (nSPS) is 10.6. The quantitative estimate of drug-likeness (QED) is 0.721. The fourth-order valence-electron chi connectivity index (χ4n) is 1.47. The van der Waals surface area contributed by atoms with Crippen molar-refractivity contribution in [1.29, 1.82) is 0 Å². The van der Waals surface area contributed by atoms with Gasteiger partial charge in [0.15, 0.2) is 0 Å². The summed E-state index contributed by atoms with van der Waals surface area (Å²) in [6.45, 7) is 0. The maximum Gasteiger partial charge on any atom is 0.141 e. The molecule has 2 rings (SSSR count). The van der Waals surface area contributed by atoms with E-state index < -0.39 is 0 Å². The van der Waals surface area contributed by atoms with Gasteiger partial charge in [-0.1, -0.05) is 0 Å². The van der Waals surface area contributed by atoms with Crippen molar-refractivity contribution in [2.45, 2.75) is 0 Å². The van der Waals surface area contributed by atoms with Gasteiger partial charge in [0.2, 0.25) is 0 Å². The Bertz CT molecular complexity index is 445. The van der Waals surface area contributed by atoms with Gasteiger partial charge in [-0.05, 0) is 12.1 Å². The molecule has 0 saturated heterocycles. The van der Waals surface area contributed by atoms with Gasteiger partial charge >= 0.3 is 0 Å². The molecule has 1 aromatic heterocycles. The molecule has 0 saturated carbocycles. The van der Waals surface area contributed by atoms with Crippen LogP contribution in [0, 0.1) is 0 Å². The van der Waals surface area contributed by atoms with Crippen LogP contribution in [0.3, 0.4) is 0 Å². The zero-order chi connectivity index (χ0) is 9.42. The summed E-state index contributed by atoms with van der Waals surface area (Å²) in [4.78, 5) is 0. The third-order valence-electron chi connectivity index (χ3n) is 2.18. The third-order valence-corrected chi connectivity index (χ3v) is 2.18. The first-order valence-electron chi connectivity index (χ1n) is 4.04. The molecule has 13 heavy (non-hydrogen) atoms. The fraction of sp³-hybridized carbons (Fsp3) is 0.200. The minimum Gasteiger partial charge on any atom is -0.506 e. The Morgan fingerprint density at radius 1 is 1.38 bits per heavy atom. The largest absolute Gasteiger partial charge is 0.506 e. The number of hydrogen-bond acceptors (Lipinski definition) is 2. The summed E-state index contributed by atoms with van der Waals surface area (Å²) in [5.41, 5.74) is 0.969. The zero-order valence-electron chi connectivity index (χ0n) is 7.61. The Morgan fingerprint density at radius 3 is 2.85 bits per heavy atom. The van der Waals surface area contributed by atoms with Gasteiger partial charge in [-0.3, -0.25) is 0 Å². The van der Waals surface area contributed by atoms with Crippen molar-refractivity contribution in [2.75, 3.05) is 7.11 Å². The van der Waals surface area contributed by atoms with E-state index in [9.17, 15) is 5.11 Å². The maximum absolute atomic E-state index is 9.49. The summed E-state index contributed by atoms with van der Waals surface area (Å²) < 4.78 is 6.96. The highest BCUT2D eigenvalue weighted by molar-refractivity contribution is 5.87. The molecule has 1 heterocycles. The molecule has 0 aliphatic heterocycles. The Morgan fingerprint density at radius 2 is 2.15 bits per heavy atom. The molecule has 0 fully saturated rings. The molecule has 3 nitrogen and oxygen atoms in total. The standard InChI is InChI=1S/C10H11NO2/c1-11-6-10(12)8-4-3-7(13-2)5-9(8)11/h3-6,12H,1-2H3. The summed E-state index contributed by atoms with van der Waals surface area (Å²) in [6, 6.07) is 5.58. The average molecular weight is 177 g/mol. The zero-order valence-corrected chi connectivity index (χ0v) is 7.61. The summed E-state index contributed by atoms with van der Waals surface area (Å²) >= 11 is 0. The van der Waals surface area contributed by atoms with E-state index in [-0.39, 0.29) is 0 Å². The van der Waals surface area contributed by atoms with Gasteiger partial charge in [-0.25, -0.2) is 0 Å². The Balaban J connectivity index is 2.76. The van der Waals surface area contributed by atoms with Crippen LogP contribution in [0.1, 0.15) is 0 Å². The van der Waals surface area contributed by atoms with Crippen molar-refractivity contribution in [3.8, 4) is 11.5 Å². The van der Waals surface area contributed by atoms with E-state index in [0.717, 1.165) is 16.7 Å². The van der Waals surface area contributed by atoms with Crippen molar-refractivity contribution in [1.82, 2.24) is 4.57 Å². The Labute approximate surface area is 76.2 Å². The van der Waals surface area contributed by atoms with E-state index in [1.165, 1.54) is 0 Å². The van der Waals surface area contributed by atoms with Gasteiger partial charge in [0, 0.05) is 24.7 Å². The number of hydrogen-bond donors (Lipinski definition) is 1. The molecule has 0 atom stereocenters. The van der Waals surface area contributed by atoms with Crippen LogP contribution in [0.5, 0.6) is 11.5 Å². The van der Waals surface area contributed by atoms with Crippen molar-refractivity contribution in [3.63, 3.8) is 0 Å². The Kier molecular flexibility index (Phi) is 1.65. The predicted octanol–water partition coefficient (Wildman–Crippen LogP) is 1.89. The van der Waals surface area contributed by atoms with E-state index in [1.807, 2.05) is 29.8 Å². The van der Waals surface area contributed by atoms with Gasteiger partial charge in [0.25, 0.3) is 0 Å². The summed E-state index contributed by atoms with van der Waals surface area (Å²) in [7, 11) is 3.52. The summed E-state index contributed by atoms with van der Waals surface area (Å²) in [6.07, 6.45) is 1.68. The number of aryl methyl sites for hydroxylation is 1. The number of rotatable bonds is 1. The SMILES string of the molecule is COc1ccc2c(O)cn(C)c2c1. The van der Waals surface area contributed by atoms with Crippen LogP contribution in [0.25, 0.3) is 10.9 Å². The molecule has 0 aliphatic rings. The first-order valence-corrected chi connectivity index (χ1v) is 4.04. The van der Waals surface area contributed by atoms with E-state index in [2.05, 4.69) is 0 Å². The fourth-order valence-corrected chi connectivity index (χ4v) is 1.47. The molecule has 0 unspecified atom stereocenters. The molecular weight excluding hydrogens is 166 g/mol. The predicted molar refractivity (Wildman–Crippen MR) is 51.1 cm³/mol. The van der Waals surface area contributed by atoms with E-state index in [0.29, 0.717) is 5.75 Å². The van der Waals surface area contributed by atoms with Crippen molar-refractivity contribution >= 4 is 10.9 Å². The average Bonchev–Trinajstić information content (AvgIpc) is 2.42. The van der Waals surface area contributed by atoms with Crippen molar-refractivity contribution in [3.05, 3.63) is 24.4 Å². The van der Waals surface area contributed by atoms with Gasteiger partial charge in [0.05, 0.1) is 12.6 Å². The molecule has 0 amide bonds. The molecule has 0 radical (unpaired) electrons. The summed E-state index contributed by atoms with van der Waals surface area (Å²) in [5, 5.41) is 10.3. The minimum atomic E-state index is 0.306. The second-order valence-corrected chi connectivity index (χ2v) is 3.01. The molecule has 0 aliphatic carbocycles. The number of nitrogens with zero attached hydrogens (tertiary/aromatic N) is 1. The van der Waals surface area contributed by atoms with Gasteiger partial charge in [-0.15, -0.1) is 0 Å². The smallest absolute Gasteiger partial charge is 0.141 e. The highest BCUT2D eigenvalue weighted by atomic mass is 16.5. The topological polar surface area (TPSA) is 34.4 Å². The van der Waals surface area contributed by atoms with Crippen LogP contribution in [-0.2, 0) is 7.05 Å². The molecule has 68 valence electrons. The molecule has 1 aromatic carbocycles. The number of fused-ring (bicyclic) bond motifs is 1. The lowest BCUT2D eigenvalue weighted by molar-refractivity contribution is 0.415. The molecule has 1 N–H and O–H groups in total. The number of benzene rings is 1. The maximum atomic E-state index is 9.49. The molecular formula is C10H11NO2. The molecule has 3 heteroatoms. The molecule has 0 bridgehead atoms. The summed E-state index contributed by atoms with van der Waals surface area (Å²) in [5.74, 6) is 1.11. The van der Waals surface area contributed by atoms with Gasteiger partial charge in [0.1, 0.15) is 11.5 Å². The van der Waals surface area contributed by atoms with Crippen LogP contribution in [-0.4, -0.2) is 16.8 Å². The highest BCUT2D eigenvalue weighted by Gasteiger charge is 2.05. The lowest BCUT2D eigenvalue weighted by atomic mass is 10.2. The van der Waals surface area contributed by atoms with Crippen LogP contribution >= 0.6 is 0 Å². The number of methoxy groups -OCH3 is 1. The van der Waals surface area contributed by atoms with E-state index in [1.54, 1.807) is 13.3 Å². The van der Waals surface area contributed by atoms with Gasteiger partial charge < -0.3 is 14.4 Å². The van der Waals surface area contributed by atoms with Crippen LogP contribution in [0.4, 0.5) is 0 Å². The van der Waals surface area contributed by atoms with E-state index in [4.69, 9.17) is 4.74 Å². The Hall–Kier alpha value is -1.64.